The van der Waals surface area contributed by atoms with Gasteiger partial charge in [-0.1, -0.05) is 43.6 Å². The minimum atomic E-state index is -1.29. The van der Waals surface area contributed by atoms with E-state index in [9.17, 15) is 4.79 Å². The highest BCUT2D eigenvalue weighted by Crippen LogP contribution is 2.33. The number of alkyl halides is 1. The molecule has 1 aromatic carbocycles. The van der Waals surface area contributed by atoms with Crippen molar-refractivity contribution < 1.29 is 9.53 Å². The van der Waals surface area contributed by atoms with Crippen LogP contribution in [0.2, 0.25) is 0 Å². The number of methoxy groups -OCH3 is 1. The molecule has 0 aliphatic heterocycles. The normalized spacial score (nSPS) is 14.1. The second-order valence-corrected chi connectivity index (χ2v) is 4.67. The predicted octanol–water partition coefficient (Wildman–Crippen LogP) is 2.94. The Labute approximate surface area is 113 Å². The zero-order valence-electron chi connectivity index (χ0n) is 11.3. The third-order valence-corrected chi connectivity index (χ3v) is 3.38. The second kappa shape index (κ2) is 6.21. The summed E-state index contributed by atoms with van der Waals surface area (Å²) in [6, 6.07) is 6.01. The summed E-state index contributed by atoms with van der Waals surface area (Å²) < 4.78 is 5.35. The van der Waals surface area contributed by atoms with Crippen molar-refractivity contribution in [3.63, 3.8) is 0 Å². The molecule has 3 nitrogen and oxygen atoms in total. The Morgan fingerprint density at radius 2 is 1.83 bits per heavy atom. The molecule has 0 aromatic heterocycles. The first-order valence-electron chi connectivity index (χ1n) is 6.12. The number of ether oxygens (including phenoxy) is 1. The van der Waals surface area contributed by atoms with Gasteiger partial charge in [0.1, 0.15) is 0 Å². The van der Waals surface area contributed by atoms with Gasteiger partial charge in [0.2, 0.25) is 11.1 Å². The topological polar surface area (TPSA) is 38.3 Å². The Bertz CT molecular complexity index is 412. The largest absolute Gasteiger partial charge is 0.342 e. The molecular formula is C14H20ClNO2. The van der Waals surface area contributed by atoms with Gasteiger partial charge in [-0.15, -0.1) is 0 Å². The van der Waals surface area contributed by atoms with Crippen molar-refractivity contribution in [3.05, 3.63) is 34.9 Å². The van der Waals surface area contributed by atoms with E-state index in [4.69, 9.17) is 16.3 Å². The fourth-order valence-electron chi connectivity index (χ4n) is 2.10. The van der Waals surface area contributed by atoms with Crippen molar-refractivity contribution in [1.82, 2.24) is 5.32 Å². The quantitative estimate of drug-likeness (QED) is 0.507. The molecule has 0 spiro atoms. The first-order chi connectivity index (χ1) is 8.48. The number of rotatable bonds is 5. The number of aryl methyl sites for hydroxylation is 2. The summed E-state index contributed by atoms with van der Waals surface area (Å²) in [4.78, 5) is 11.3. The van der Waals surface area contributed by atoms with Gasteiger partial charge in [0.05, 0.1) is 0 Å². The van der Waals surface area contributed by atoms with Crippen molar-refractivity contribution in [2.24, 2.45) is 0 Å². The van der Waals surface area contributed by atoms with Crippen LogP contribution < -0.4 is 5.32 Å². The Kier molecular flexibility index (Phi) is 5.17. The third kappa shape index (κ3) is 3.03. The standard InChI is InChI=1S/C14H20ClNO2/c1-5-11-8-7-9-12(6-2)13(11)14(15,18-4)16-10(3)17/h7-9H,5-6H2,1-4H3,(H,16,17). The molecule has 1 aromatic rings. The van der Waals surface area contributed by atoms with Gasteiger partial charge in [0.25, 0.3) is 0 Å². The fraction of sp³-hybridized carbons (Fsp3) is 0.500. The maximum Gasteiger partial charge on any atom is 0.246 e. The van der Waals surface area contributed by atoms with E-state index in [1.54, 1.807) is 0 Å². The summed E-state index contributed by atoms with van der Waals surface area (Å²) in [5.74, 6) is -0.222. The molecule has 4 heteroatoms. The van der Waals surface area contributed by atoms with E-state index in [0.717, 1.165) is 29.5 Å². The van der Waals surface area contributed by atoms with E-state index in [1.165, 1.54) is 14.0 Å². The molecule has 1 rings (SSSR count). The van der Waals surface area contributed by atoms with Crippen LogP contribution in [-0.2, 0) is 27.6 Å². The number of benzene rings is 1. The lowest BCUT2D eigenvalue weighted by Crippen LogP contribution is -2.43. The van der Waals surface area contributed by atoms with Gasteiger partial charge in [-0.05, 0) is 24.0 Å². The second-order valence-electron chi connectivity index (χ2n) is 4.14. The van der Waals surface area contributed by atoms with Crippen molar-refractivity contribution in [2.75, 3.05) is 7.11 Å². The molecule has 100 valence electrons. The summed E-state index contributed by atoms with van der Waals surface area (Å²) in [5.41, 5.74) is 3.02. The van der Waals surface area contributed by atoms with Crippen molar-refractivity contribution >= 4 is 17.5 Å². The Morgan fingerprint density at radius 3 is 2.17 bits per heavy atom. The molecule has 1 atom stereocenters. The fourth-order valence-corrected chi connectivity index (χ4v) is 2.47. The summed E-state index contributed by atoms with van der Waals surface area (Å²) in [7, 11) is 1.49. The van der Waals surface area contributed by atoms with E-state index < -0.39 is 5.18 Å². The summed E-state index contributed by atoms with van der Waals surface area (Å²) >= 11 is 6.46. The first kappa shape index (κ1) is 15.0. The van der Waals surface area contributed by atoms with Crippen molar-refractivity contribution in [1.29, 1.82) is 0 Å². The van der Waals surface area contributed by atoms with E-state index >= 15 is 0 Å². The highest BCUT2D eigenvalue weighted by atomic mass is 35.5. The van der Waals surface area contributed by atoms with Crippen LogP contribution in [0, 0.1) is 0 Å². The van der Waals surface area contributed by atoms with Gasteiger partial charge >= 0.3 is 0 Å². The molecule has 1 amide bonds. The highest BCUT2D eigenvalue weighted by molar-refractivity contribution is 6.23. The van der Waals surface area contributed by atoms with Gasteiger partial charge in [0, 0.05) is 19.6 Å². The molecule has 0 heterocycles. The number of hydrogen-bond acceptors (Lipinski definition) is 2. The number of carbonyl (C=O) groups is 1. The summed E-state index contributed by atoms with van der Waals surface area (Å²) in [6.45, 7) is 5.54. The molecule has 0 radical (unpaired) electrons. The lowest BCUT2D eigenvalue weighted by molar-refractivity contribution is -0.124. The van der Waals surface area contributed by atoms with Gasteiger partial charge in [0.15, 0.2) is 0 Å². The van der Waals surface area contributed by atoms with Gasteiger partial charge in [-0.2, -0.15) is 0 Å². The van der Waals surface area contributed by atoms with Gasteiger partial charge < -0.3 is 10.1 Å². The molecule has 0 saturated heterocycles. The zero-order chi connectivity index (χ0) is 13.8. The number of hydrogen-bond donors (Lipinski definition) is 1. The maximum absolute atomic E-state index is 11.3. The molecule has 1 unspecified atom stereocenters. The van der Waals surface area contributed by atoms with Crippen LogP contribution in [0.5, 0.6) is 0 Å². The smallest absolute Gasteiger partial charge is 0.246 e. The van der Waals surface area contributed by atoms with Gasteiger partial charge in [-0.25, -0.2) is 0 Å². The van der Waals surface area contributed by atoms with Crippen LogP contribution in [0.15, 0.2) is 18.2 Å². The lowest BCUT2D eigenvalue weighted by atomic mass is 9.96. The first-order valence-corrected chi connectivity index (χ1v) is 6.50. The molecule has 1 N–H and O–H groups in total. The van der Waals surface area contributed by atoms with Crippen LogP contribution in [0.1, 0.15) is 37.5 Å². The number of halogens is 1. The minimum absolute atomic E-state index is 0.222. The van der Waals surface area contributed by atoms with Crippen LogP contribution in [0.3, 0.4) is 0 Å². The lowest BCUT2D eigenvalue weighted by Gasteiger charge is -2.30. The maximum atomic E-state index is 11.3. The third-order valence-electron chi connectivity index (χ3n) is 2.94. The number of amides is 1. The molecule has 0 saturated carbocycles. The molecule has 0 bridgehead atoms. The molecule has 0 aliphatic rings. The van der Waals surface area contributed by atoms with E-state index in [-0.39, 0.29) is 5.91 Å². The van der Waals surface area contributed by atoms with Crippen molar-refractivity contribution in [3.8, 4) is 0 Å². The average molecular weight is 270 g/mol. The van der Waals surface area contributed by atoms with Gasteiger partial charge in [-0.3, -0.25) is 4.79 Å². The van der Waals surface area contributed by atoms with E-state index in [0.29, 0.717) is 0 Å². The van der Waals surface area contributed by atoms with E-state index in [2.05, 4.69) is 19.2 Å². The van der Waals surface area contributed by atoms with Crippen LogP contribution >= 0.6 is 11.6 Å². The Morgan fingerprint density at radius 1 is 1.33 bits per heavy atom. The monoisotopic (exact) mass is 269 g/mol. The number of carbonyl (C=O) groups excluding carboxylic acids is 1. The molecule has 0 fully saturated rings. The van der Waals surface area contributed by atoms with Crippen molar-refractivity contribution in [2.45, 2.75) is 38.8 Å². The molecule has 0 aliphatic carbocycles. The Balaban J connectivity index is 3.38. The van der Waals surface area contributed by atoms with Crippen LogP contribution in [0.4, 0.5) is 0 Å². The average Bonchev–Trinajstić information content (AvgIpc) is 2.36. The SMILES string of the molecule is CCc1cccc(CC)c1C(Cl)(NC(C)=O)OC. The molecular weight excluding hydrogens is 250 g/mol. The predicted molar refractivity (Wildman–Crippen MR) is 73.6 cm³/mol. The summed E-state index contributed by atoms with van der Waals surface area (Å²) in [5, 5.41) is 1.39. The van der Waals surface area contributed by atoms with Crippen LogP contribution in [-0.4, -0.2) is 13.0 Å². The Hall–Kier alpha value is -1.06. The number of nitrogens with one attached hydrogen (secondary N) is 1. The van der Waals surface area contributed by atoms with E-state index in [1.807, 2.05) is 18.2 Å². The zero-order valence-corrected chi connectivity index (χ0v) is 12.1. The highest BCUT2D eigenvalue weighted by Gasteiger charge is 2.34. The van der Waals surface area contributed by atoms with Crippen LogP contribution in [0.25, 0.3) is 0 Å². The summed E-state index contributed by atoms with van der Waals surface area (Å²) in [6.07, 6.45) is 1.67. The molecule has 18 heavy (non-hydrogen) atoms. The minimum Gasteiger partial charge on any atom is -0.342 e.